The highest BCUT2D eigenvalue weighted by atomic mass is 16.1. The lowest BCUT2D eigenvalue weighted by atomic mass is 9.81. The summed E-state index contributed by atoms with van der Waals surface area (Å²) >= 11 is 0. The molecule has 1 fully saturated rings. The summed E-state index contributed by atoms with van der Waals surface area (Å²) in [4.78, 5) is 12.0. The van der Waals surface area contributed by atoms with Crippen molar-refractivity contribution in [3.8, 4) is 0 Å². The first-order valence-electron chi connectivity index (χ1n) is 6.96. The molecule has 0 aliphatic heterocycles. The zero-order valence-electron chi connectivity index (χ0n) is 11.6. The van der Waals surface area contributed by atoms with Gasteiger partial charge in [0, 0.05) is 12.5 Å². The number of carbonyl (C=O) groups excluding carboxylic acids is 1. The van der Waals surface area contributed by atoms with Crippen LogP contribution in [-0.2, 0) is 4.79 Å². The molecule has 100 valence electrons. The van der Waals surface area contributed by atoms with Crippen LogP contribution in [0.3, 0.4) is 0 Å². The monoisotopic (exact) mass is 240 g/mol. The summed E-state index contributed by atoms with van der Waals surface area (Å²) in [6.07, 6.45) is 5.35. The van der Waals surface area contributed by atoms with Gasteiger partial charge in [-0.2, -0.15) is 0 Å². The van der Waals surface area contributed by atoms with Crippen molar-refractivity contribution in [2.24, 2.45) is 23.0 Å². The second-order valence-corrected chi connectivity index (χ2v) is 6.19. The lowest BCUT2D eigenvalue weighted by Crippen LogP contribution is -2.39. The van der Waals surface area contributed by atoms with Gasteiger partial charge in [0.15, 0.2) is 0 Å². The SMILES string of the molecule is CCC(C)(C)CNC(=O)C1CCC(CN)CC1. The van der Waals surface area contributed by atoms with Crippen LogP contribution < -0.4 is 11.1 Å². The molecule has 0 aromatic rings. The highest BCUT2D eigenvalue weighted by Crippen LogP contribution is 2.28. The Morgan fingerprint density at radius 2 is 1.88 bits per heavy atom. The van der Waals surface area contributed by atoms with Crippen molar-refractivity contribution in [2.75, 3.05) is 13.1 Å². The Labute approximate surface area is 106 Å². The molecule has 1 aliphatic rings. The van der Waals surface area contributed by atoms with E-state index >= 15 is 0 Å². The van der Waals surface area contributed by atoms with Gasteiger partial charge in [0.1, 0.15) is 0 Å². The molecule has 0 aromatic heterocycles. The zero-order valence-corrected chi connectivity index (χ0v) is 11.6. The summed E-state index contributed by atoms with van der Waals surface area (Å²) in [7, 11) is 0. The number of nitrogens with two attached hydrogens (primary N) is 1. The number of rotatable bonds is 5. The summed E-state index contributed by atoms with van der Waals surface area (Å²) in [5.74, 6) is 1.12. The van der Waals surface area contributed by atoms with Crippen molar-refractivity contribution in [3.05, 3.63) is 0 Å². The Hall–Kier alpha value is -0.570. The van der Waals surface area contributed by atoms with Gasteiger partial charge in [-0.05, 0) is 50.0 Å². The third-order valence-electron chi connectivity index (χ3n) is 4.25. The second-order valence-electron chi connectivity index (χ2n) is 6.19. The zero-order chi connectivity index (χ0) is 12.9. The van der Waals surface area contributed by atoms with Gasteiger partial charge < -0.3 is 11.1 Å². The van der Waals surface area contributed by atoms with Crippen LogP contribution in [0.5, 0.6) is 0 Å². The van der Waals surface area contributed by atoms with E-state index in [1.54, 1.807) is 0 Å². The van der Waals surface area contributed by atoms with Crippen molar-refractivity contribution < 1.29 is 4.79 Å². The number of carbonyl (C=O) groups is 1. The van der Waals surface area contributed by atoms with E-state index in [4.69, 9.17) is 5.73 Å². The maximum Gasteiger partial charge on any atom is 0.223 e. The molecule has 0 spiro atoms. The molecule has 0 bridgehead atoms. The van der Waals surface area contributed by atoms with Crippen LogP contribution in [0.2, 0.25) is 0 Å². The average Bonchev–Trinajstić information content (AvgIpc) is 2.36. The molecule has 0 aromatic carbocycles. The molecule has 0 atom stereocenters. The summed E-state index contributed by atoms with van der Waals surface area (Å²) in [5.41, 5.74) is 5.87. The molecule has 1 rings (SSSR count). The smallest absolute Gasteiger partial charge is 0.223 e. The molecule has 3 heteroatoms. The molecule has 1 saturated carbocycles. The van der Waals surface area contributed by atoms with E-state index in [-0.39, 0.29) is 17.2 Å². The van der Waals surface area contributed by atoms with E-state index in [2.05, 4.69) is 26.1 Å². The minimum absolute atomic E-state index is 0.212. The fourth-order valence-electron chi connectivity index (χ4n) is 2.26. The first-order valence-corrected chi connectivity index (χ1v) is 6.96. The minimum Gasteiger partial charge on any atom is -0.355 e. The molecule has 1 aliphatic carbocycles. The van der Waals surface area contributed by atoms with Gasteiger partial charge in [-0.25, -0.2) is 0 Å². The Morgan fingerprint density at radius 3 is 2.35 bits per heavy atom. The molecule has 1 amide bonds. The van der Waals surface area contributed by atoms with Gasteiger partial charge >= 0.3 is 0 Å². The van der Waals surface area contributed by atoms with Crippen molar-refractivity contribution >= 4 is 5.91 Å². The minimum atomic E-state index is 0.212. The summed E-state index contributed by atoms with van der Waals surface area (Å²) in [6, 6.07) is 0. The molecule has 3 N–H and O–H groups in total. The third-order valence-corrected chi connectivity index (χ3v) is 4.25. The van der Waals surface area contributed by atoms with Gasteiger partial charge in [-0.3, -0.25) is 4.79 Å². The Bertz CT molecular complexity index is 243. The average molecular weight is 240 g/mol. The Balaban J connectivity index is 2.30. The highest BCUT2D eigenvalue weighted by Gasteiger charge is 2.26. The van der Waals surface area contributed by atoms with E-state index in [9.17, 15) is 4.79 Å². The molecular formula is C14H28N2O. The van der Waals surface area contributed by atoms with Crippen LogP contribution >= 0.6 is 0 Å². The summed E-state index contributed by atoms with van der Waals surface area (Å²) in [5, 5.41) is 3.11. The van der Waals surface area contributed by atoms with E-state index in [1.165, 1.54) is 0 Å². The van der Waals surface area contributed by atoms with Crippen LogP contribution in [-0.4, -0.2) is 19.0 Å². The lowest BCUT2D eigenvalue weighted by Gasteiger charge is -2.29. The quantitative estimate of drug-likeness (QED) is 0.774. The van der Waals surface area contributed by atoms with Crippen LogP contribution in [0.4, 0.5) is 0 Å². The van der Waals surface area contributed by atoms with Crippen molar-refractivity contribution in [2.45, 2.75) is 52.9 Å². The van der Waals surface area contributed by atoms with E-state index in [1.807, 2.05) is 0 Å². The fraction of sp³-hybridized carbons (Fsp3) is 0.929. The molecule has 3 nitrogen and oxygen atoms in total. The standard InChI is InChI=1S/C14H28N2O/c1-4-14(2,3)10-16-13(17)12-7-5-11(9-15)6-8-12/h11-12H,4-10,15H2,1-3H3,(H,16,17). The number of amides is 1. The fourth-order valence-corrected chi connectivity index (χ4v) is 2.26. The van der Waals surface area contributed by atoms with E-state index in [0.717, 1.165) is 45.2 Å². The van der Waals surface area contributed by atoms with Gasteiger partial charge in [0.25, 0.3) is 0 Å². The Morgan fingerprint density at radius 1 is 1.29 bits per heavy atom. The molecule has 0 saturated heterocycles. The van der Waals surface area contributed by atoms with Crippen molar-refractivity contribution in [1.82, 2.24) is 5.32 Å². The van der Waals surface area contributed by atoms with E-state index in [0.29, 0.717) is 5.92 Å². The maximum atomic E-state index is 12.0. The maximum absolute atomic E-state index is 12.0. The lowest BCUT2D eigenvalue weighted by molar-refractivity contribution is -0.126. The van der Waals surface area contributed by atoms with Crippen LogP contribution in [0.25, 0.3) is 0 Å². The van der Waals surface area contributed by atoms with Gasteiger partial charge in [0.2, 0.25) is 5.91 Å². The number of hydrogen-bond donors (Lipinski definition) is 2. The Kier molecular flexibility index (Phi) is 5.44. The van der Waals surface area contributed by atoms with Crippen molar-refractivity contribution in [3.63, 3.8) is 0 Å². The molecular weight excluding hydrogens is 212 g/mol. The van der Waals surface area contributed by atoms with Crippen molar-refractivity contribution in [1.29, 1.82) is 0 Å². The topological polar surface area (TPSA) is 55.1 Å². The first-order chi connectivity index (χ1) is 7.98. The largest absolute Gasteiger partial charge is 0.355 e. The molecule has 0 heterocycles. The van der Waals surface area contributed by atoms with Gasteiger partial charge in [-0.15, -0.1) is 0 Å². The first kappa shape index (κ1) is 14.5. The number of hydrogen-bond acceptors (Lipinski definition) is 2. The molecule has 17 heavy (non-hydrogen) atoms. The summed E-state index contributed by atoms with van der Waals surface area (Å²) < 4.78 is 0. The van der Waals surface area contributed by atoms with Crippen LogP contribution in [0.1, 0.15) is 52.9 Å². The van der Waals surface area contributed by atoms with E-state index < -0.39 is 0 Å². The number of nitrogens with one attached hydrogen (secondary N) is 1. The highest BCUT2D eigenvalue weighted by molar-refractivity contribution is 5.78. The predicted octanol–water partition coefficient (Wildman–Crippen LogP) is 2.30. The second kappa shape index (κ2) is 6.39. The van der Waals surface area contributed by atoms with Gasteiger partial charge in [-0.1, -0.05) is 20.8 Å². The summed E-state index contributed by atoms with van der Waals surface area (Å²) in [6.45, 7) is 8.12. The third kappa shape index (κ3) is 4.66. The normalized spacial score (nSPS) is 25.6. The van der Waals surface area contributed by atoms with Crippen LogP contribution in [0.15, 0.2) is 0 Å². The van der Waals surface area contributed by atoms with Gasteiger partial charge in [0.05, 0.1) is 0 Å². The molecule has 0 unspecified atom stereocenters. The van der Waals surface area contributed by atoms with Crippen LogP contribution in [0, 0.1) is 17.3 Å². The molecule has 0 radical (unpaired) electrons. The predicted molar refractivity (Wildman–Crippen MR) is 71.6 cm³/mol.